The van der Waals surface area contributed by atoms with Crippen molar-refractivity contribution in [1.29, 1.82) is 0 Å². The van der Waals surface area contributed by atoms with E-state index in [-0.39, 0.29) is 0 Å². The van der Waals surface area contributed by atoms with Gasteiger partial charge in [0.2, 0.25) is 0 Å². The molecule has 0 bridgehead atoms. The maximum absolute atomic E-state index is 10.1. The van der Waals surface area contributed by atoms with Crippen LogP contribution in [0.25, 0.3) is 0 Å². The van der Waals surface area contributed by atoms with Gasteiger partial charge in [-0.25, -0.2) is 0 Å². The third-order valence-corrected chi connectivity index (χ3v) is 3.44. The van der Waals surface area contributed by atoms with Crippen LogP contribution in [0.2, 0.25) is 0 Å². The number of hydrogen-bond acceptors (Lipinski definition) is 3. The van der Waals surface area contributed by atoms with Crippen molar-refractivity contribution in [3.8, 4) is 0 Å². The van der Waals surface area contributed by atoms with E-state index in [9.17, 15) is 5.11 Å². The molecule has 0 amide bonds. The molecule has 0 fully saturated rings. The smallest absolute Gasteiger partial charge is 0.191 e. The molecule has 0 aliphatic carbocycles. The number of furan rings is 1. The van der Waals surface area contributed by atoms with Crippen molar-refractivity contribution in [2.24, 2.45) is 4.99 Å². The minimum absolute atomic E-state index is 0.481. The van der Waals surface area contributed by atoms with Crippen molar-refractivity contribution >= 4 is 5.96 Å². The highest BCUT2D eigenvalue weighted by atomic mass is 16.3. The van der Waals surface area contributed by atoms with Crippen LogP contribution >= 0.6 is 0 Å². The number of nitrogens with zero attached hydrogens (tertiary/aromatic N) is 1. The number of nitrogens with one attached hydrogen (secondary N) is 2. The molecule has 0 saturated heterocycles. The van der Waals surface area contributed by atoms with Gasteiger partial charge in [-0.2, -0.15) is 0 Å². The summed E-state index contributed by atoms with van der Waals surface area (Å²) in [5.74, 6) is 1.71. The van der Waals surface area contributed by atoms with Gasteiger partial charge in [-0.1, -0.05) is 30.3 Å². The predicted octanol–water partition coefficient (Wildman–Crippen LogP) is 2.50. The van der Waals surface area contributed by atoms with Crippen LogP contribution in [0, 0.1) is 0 Å². The summed E-state index contributed by atoms with van der Waals surface area (Å²) in [6.45, 7) is 4.14. The lowest BCUT2D eigenvalue weighted by Crippen LogP contribution is -2.38. The topological polar surface area (TPSA) is 69.8 Å². The van der Waals surface area contributed by atoms with Crippen LogP contribution < -0.4 is 10.6 Å². The van der Waals surface area contributed by atoms with E-state index in [1.54, 1.807) is 6.26 Å². The van der Waals surface area contributed by atoms with E-state index < -0.39 is 6.10 Å². The largest absolute Gasteiger partial charge is 0.469 e. The van der Waals surface area contributed by atoms with Crippen LogP contribution in [-0.4, -0.2) is 30.7 Å². The summed E-state index contributed by atoms with van der Waals surface area (Å²) in [5, 5.41) is 16.6. The Morgan fingerprint density at radius 2 is 2.00 bits per heavy atom. The number of benzene rings is 1. The van der Waals surface area contributed by atoms with Crippen LogP contribution in [0.5, 0.6) is 0 Å². The average molecular weight is 315 g/mol. The minimum atomic E-state index is -0.481. The van der Waals surface area contributed by atoms with E-state index in [0.717, 1.165) is 36.8 Å². The summed E-state index contributed by atoms with van der Waals surface area (Å²) >= 11 is 0. The van der Waals surface area contributed by atoms with E-state index in [2.05, 4.69) is 15.6 Å². The molecule has 1 unspecified atom stereocenters. The predicted molar refractivity (Wildman–Crippen MR) is 92.4 cm³/mol. The molecule has 0 saturated carbocycles. The van der Waals surface area contributed by atoms with Crippen LogP contribution in [0.15, 0.2) is 58.1 Å². The fourth-order valence-electron chi connectivity index (χ4n) is 2.24. The van der Waals surface area contributed by atoms with Gasteiger partial charge in [0.25, 0.3) is 0 Å². The fraction of sp³-hybridized carbons (Fsp3) is 0.389. The van der Waals surface area contributed by atoms with Crippen molar-refractivity contribution in [3.63, 3.8) is 0 Å². The molecule has 1 heterocycles. The van der Waals surface area contributed by atoms with Gasteiger partial charge in [0, 0.05) is 26.1 Å². The first-order valence-corrected chi connectivity index (χ1v) is 8.07. The molecule has 1 aromatic carbocycles. The Kier molecular flexibility index (Phi) is 7.20. The van der Waals surface area contributed by atoms with Crippen molar-refractivity contribution in [3.05, 3.63) is 60.1 Å². The number of guanidine groups is 1. The lowest BCUT2D eigenvalue weighted by Gasteiger charge is -2.12. The molecular weight excluding hydrogens is 290 g/mol. The Morgan fingerprint density at radius 3 is 2.70 bits per heavy atom. The first kappa shape index (κ1) is 17.1. The molecule has 124 valence electrons. The second kappa shape index (κ2) is 9.69. The summed E-state index contributed by atoms with van der Waals surface area (Å²) in [5.41, 5.74) is 0.929. The molecule has 5 nitrogen and oxygen atoms in total. The third-order valence-electron chi connectivity index (χ3n) is 3.44. The molecule has 2 aromatic rings. The Hall–Kier alpha value is -2.27. The van der Waals surface area contributed by atoms with Gasteiger partial charge in [-0.15, -0.1) is 0 Å². The first-order chi connectivity index (χ1) is 11.3. The van der Waals surface area contributed by atoms with E-state index in [1.807, 2.05) is 49.4 Å². The Bertz CT molecular complexity index is 567. The van der Waals surface area contributed by atoms with Crippen molar-refractivity contribution in [2.45, 2.75) is 25.9 Å². The zero-order valence-electron chi connectivity index (χ0n) is 13.5. The quantitative estimate of drug-likeness (QED) is 0.517. The molecular formula is C18H25N3O2. The summed E-state index contributed by atoms with van der Waals surface area (Å²) in [6.07, 6.45) is 2.61. The normalized spacial score (nSPS) is 12.9. The summed E-state index contributed by atoms with van der Waals surface area (Å²) < 4.78 is 5.30. The van der Waals surface area contributed by atoms with Gasteiger partial charge >= 0.3 is 0 Å². The van der Waals surface area contributed by atoms with Gasteiger partial charge in [-0.3, -0.25) is 4.99 Å². The highest BCUT2D eigenvalue weighted by Crippen LogP contribution is 2.15. The fourth-order valence-corrected chi connectivity index (χ4v) is 2.24. The van der Waals surface area contributed by atoms with Gasteiger partial charge in [-0.05, 0) is 31.0 Å². The summed E-state index contributed by atoms with van der Waals surface area (Å²) in [4.78, 5) is 4.50. The van der Waals surface area contributed by atoms with Gasteiger partial charge in [0.05, 0.1) is 12.4 Å². The molecule has 2 rings (SSSR count). The van der Waals surface area contributed by atoms with Gasteiger partial charge in [0.1, 0.15) is 5.76 Å². The third kappa shape index (κ3) is 6.16. The number of aliphatic hydroxyl groups is 1. The highest BCUT2D eigenvalue weighted by molar-refractivity contribution is 5.79. The Morgan fingerprint density at radius 1 is 1.17 bits per heavy atom. The zero-order chi connectivity index (χ0) is 16.3. The molecule has 3 N–H and O–H groups in total. The molecule has 0 aliphatic rings. The molecule has 23 heavy (non-hydrogen) atoms. The standard InChI is InChI=1S/C18H25N3O2/c1-2-19-18(20-12-10-16-9-6-14-23-16)21-13-11-17(22)15-7-4-3-5-8-15/h3-9,14,17,22H,2,10-13H2,1H3,(H2,19,20,21). The SMILES string of the molecule is CCNC(=NCCC(O)c1ccccc1)NCCc1ccco1. The van der Waals surface area contributed by atoms with Crippen LogP contribution in [0.3, 0.4) is 0 Å². The number of hydrogen-bond donors (Lipinski definition) is 3. The lowest BCUT2D eigenvalue weighted by atomic mass is 10.1. The summed E-state index contributed by atoms with van der Waals surface area (Å²) in [7, 11) is 0. The maximum atomic E-state index is 10.1. The number of rotatable bonds is 8. The number of aliphatic hydroxyl groups excluding tert-OH is 1. The molecule has 0 spiro atoms. The van der Waals surface area contributed by atoms with E-state index in [4.69, 9.17) is 4.42 Å². The van der Waals surface area contributed by atoms with Gasteiger partial charge in [0.15, 0.2) is 5.96 Å². The first-order valence-electron chi connectivity index (χ1n) is 8.07. The lowest BCUT2D eigenvalue weighted by molar-refractivity contribution is 0.170. The van der Waals surface area contributed by atoms with Crippen LogP contribution in [0.4, 0.5) is 0 Å². The number of aliphatic imine (C=N–C) groups is 1. The summed E-state index contributed by atoms with van der Waals surface area (Å²) in [6, 6.07) is 13.5. The maximum Gasteiger partial charge on any atom is 0.191 e. The van der Waals surface area contributed by atoms with Crippen molar-refractivity contribution in [2.75, 3.05) is 19.6 Å². The zero-order valence-corrected chi connectivity index (χ0v) is 13.5. The second-order valence-corrected chi connectivity index (χ2v) is 5.23. The Balaban J connectivity index is 1.76. The average Bonchev–Trinajstić information content (AvgIpc) is 3.09. The van der Waals surface area contributed by atoms with Crippen molar-refractivity contribution in [1.82, 2.24) is 10.6 Å². The minimum Gasteiger partial charge on any atom is -0.469 e. The molecule has 1 atom stereocenters. The monoisotopic (exact) mass is 315 g/mol. The van der Waals surface area contributed by atoms with E-state index in [0.29, 0.717) is 13.0 Å². The highest BCUT2D eigenvalue weighted by Gasteiger charge is 2.06. The molecule has 0 radical (unpaired) electrons. The van der Waals surface area contributed by atoms with Crippen molar-refractivity contribution < 1.29 is 9.52 Å². The van der Waals surface area contributed by atoms with Gasteiger partial charge < -0.3 is 20.2 Å². The van der Waals surface area contributed by atoms with Crippen LogP contribution in [0.1, 0.15) is 30.8 Å². The molecule has 0 aliphatic heterocycles. The van der Waals surface area contributed by atoms with E-state index in [1.165, 1.54) is 0 Å². The Labute approximate surface area is 137 Å². The molecule has 5 heteroatoms. The second-order valence-electron chi connectivity index (χ2n) is 5.23. The van der Waals surface area contributed by atoms with E-state index >= 15 is 0 Å². The van der Waals surface area contributed by atoms with Crippen LogP contribution in [-0.2, 0) is 6.42 Å². The molecule has 1 aromatic heterocycles.